The predicted molar refractivity (Wildman–Crippen MR) is 83.0 cm³/mol. The molecular formula is C18H18FNO. The van der Waals surface area contributed by atoms with Crippen molar-refractivity contribution in [1.82, 2.24) is 5.32 Å². The average Bonchev–Trinajstić information content (AvgIpc) is 2.79. The minimum Gasteiger partial charge on any atom is -0.459 e. The van der Waals surface area contributed by atoms with Crippen molar-refractivity contribution >= 4 is 11.0 Å². The number of nitrogens with one attached hydrogen (secondary N) is 1. The van der Waals surface area contributed by atoms with Crippen LogP contribution in [0.5, 0.6) is 0 Å². The lowest BCUT2D eigenvalue weighted by Crippen LogP contribution is -2.17. The number of benzene rings is 2. The molecule has 0 bridgehead atoms. The van der Waals surface area contributed by atoms with E-state index >= 15 is 0 Å². The molecular weight excluding hydrogens is 265 g/mol. The Balaban J connectivity index is 2.12. The van der Waals surface area contributed by atoms with E-state index < -0.39 is 0 Å². The molecule has 0 amide bonds. The van der Waals surface area contributed by atoms with Crippen LogP contribution in [0.25, 0.3) is 11.0 Å². The summed E-state index contributed by atoms with van der Waals surface area (Å²) in [6.07, 6.45) is 0. The minimum atomic E-state index is -0.241. The average molecular weight is 283 g/mol. The van der Waals surface area contributed by atoms with E-state index in [4.69, 9.17) is 4.42 Å². The Morgan fingerprint density at radius 2 is 1.76 bits per heavy atom. The fourth-order valence-corrected chi connectivity index (χ4v) is 2.70. The first-order valence-corrected chi connectivity index (χ1v) is 7.02. The monoisotopic (exact) mass is 283 g/mol. The Kier molecular flexibility index (Phi) is 3.52. The largest absolute Gasteiger partial charge is 0.459 e. The Bertz CT molecular complexity index is 774. The molecule has 3 aromatic rings. The van der Waals surface area contributed by atoms with Crippen molar-refractivity contribution in [1.29, 1.82) is 0 Å². The van der Waals surface area contributed by atoms with Crippen LogP contribution in [-0.2, 0) is 0 Å². The third kappa shape index (κ3) is 2.45. The lowest BCUT2D eigenvalue weighted by Gasteiger charge is -2.15. The van der Waals surface area contributed by atoms with Gasteiger partial charge in [-0.3, -0.25) is 0 Å². The molecule has 3 rings (SSSR count). The van der Waals surface area contributed by atoms with E-state index in [9.17, 15) is 4.39 Å². The van der Waals surface area contributed by atoms with Crippen molar-refractivity contribution in [2.24, 2.45) is 0 Å². The highest BCUT2D eigenvalue weighted by Crippen LogP contribution is 2.33. The molecule has 0 aliphatic carbocycles. The van der Waals surface area contributed by atoms with Crippen molar-refractivity contribution in [3.63, 3.8) is 0 Å². The van der Waals surface area contributed by atoms with Crippen LogP contribution in [-0.4, -0.2) is 7.05 Å². The second kappa shape index (κ2) is 5.34. The molecule has 108 valence electrons. The molecule has 2 nitrogen and oxygen atoms in total. The van der Waals surface area contributed by atoms with Crippen molar-refractivity contribution in [2.75, 3.05) is 7.05 Å². The van der Waals surface area contributed by atoms with Gasteiger partial charge < -0.3 is 9.73 Å². The molecule has 1 heterocycles. The number of rotatable bonds is 3. The molecule has 3 heteroatoms. The van der Waals surface area contributed by atoms with Crippen molar-refractivity contribution in [3.8, 4) is 0 Å². The number of hydrogen-bond acceptors (Lipinski definition) is 2. The molecule has 0 spiro atoms. The van der Waals surface area contributed by atoms with E-state index in [0.29, 0.717) is 0 Å². The molecule has 0 saturated heterocycles. The van der Waals surface area contributed by atoms with Gasteiger partial charge in [-0.15, -0.1) is 0 Å². The van der Waals surface area contributed by atoms with Crippen LogP contribution in [0.4, 0.5) is 4.39 Å². The summed E-state index contributed by atoms with van der Waals surface area (Å²) in [5, 5.41) is 4.11. The molecule has 1 aromatic heterocycles. The predicted octanol–water partition coefficient (Wildman–Crippen LogP) is 4.50. The van der Waals surface area contributed by atoms with Crippen LogP contribution in [0.1, 0.15) is 28.5 Å². The third-order valence-electron chi connectivity index (χ3n) is 3.90. The number of furan rings is 1. The SMILES string of the molecule is CNC(c1ccc(C)cc1)c1oc2ccc(F)cc2c1C. The first-order chi connectivity index (χ1) is 10.1. The second-order valence-electron chi connectivity index (χ2n) is 5.36. The van der Waals surface area contributed by atoms with Gasteiger partial charge in [0.2, 0.25) is 0 Å². The summed E-state index contributed by atoms with van der Waals surface area (Å²) < 4.78 is 19.4. The second-order valence-corrected chi connectivity index (χ2v) is 5.36. The van der Waals surface area contributed by atoms with Crippen LogP contribution in [0.3, 0.4) is 0 Å². The van der Waals surface area contributed by atoms with Gasteiger partial charge in [0.05, 0.1) is 6.04 Å². The highest BCUT2D eigenvalue weighted by Gasteiger charge is 2.20. The van der Waals surface area contributed by atoms with Gasteiger partial charge in [0.1, 0.15) is 17.2 Å². The summed E-state index contributed by atoms with van der Waals surface area (Å²) in [6.45, 7) is 4.03. The molecule has 0 aliphatic rings. The molecule has 21 heavy (non-hydrogen) atoms. The van der Waals surface area contributed by atoms with Crippen molar-refractivity contribution < 1.29 is 8.81 Å². The summed E-state index contributed by atoms with van der Waals surface area (Å²) >= 11 is 0. The Morgan fingerprint density at radius 3 is 2.43 bits per heavy atom. The zero-order chi connectivity index (χ0) is 15.0. The zero-order valence-electron chi connectivity index (χ0n) is 12.4. The van der Waals surface area contributed by atoms with E-state index in [2.05, 4.69) is 36.5 Å². The van der Waals surface area contributed by atoms with Crippen LogP contribution >= 0.6 is 0 Å². The summed E-state index contributed by atoms with van der Waals surface area (Å²) in [4.78, 5) is 0. The van der Waals surface area contributed by atoms with E-state index in [-0.39, 0.29) is 11.9 Å². The van der Waals surface area contributed by atoms with Gasteiger partial charge in [0, 0.05) is 10.9 Å². The Labute approximate surface area is 123 Å². The van der Waals surface area contributed by atoms with Crippen molar-refractivity contribution in [2.45, 2.75) is 19.9 Å². The number of aryl methyl sites for hydroxylation is 2. The van der Waals surface area contributed by atoms with E-state index in [1.165, 1.54) is 17.7 Å². The molecule has 2 aromatic carbocycles. The first-order valence-electron chi connectivity index (χ1n) is 7.02. The third-order valence-corrected chi connectivity index (χ3v) is 3.90. The topological polar surface area (TPSA) is 25.2 Å². The maximum absolute atomic E-state index is 13.4. The minimum absolute atomic E-state index is 0.0407. The van der Waals surface area contributed by atoms with Gasteiger partial charge in [-0.1, -0.05) is 29.8 Å². The molecule has 0 saturated carbocycles. The molecule has 1 unspecified atom stereocenters. The van der Waals surface area contributed by atoms with Gasteiger partial charge >= 0.3 is 0 Å². The first kappa shape index (κ1) is 13.8. The van der Waals surface area contributed by atoms with Crippen LogP contribution in [0, 0.1) is 19.7 Å². The maximum Gasteiger partial charge on any atom is 0.134 e. The molecule has 0 fully saturated rings. The molecule has 0 radical (unpaired) electrons. The van der Waals surface area contributed by atoms with Crippen LogP contribution in [0.15, 0.2) is 46.9 Å². The van der Waals surface area contributed by atoms with Gasteiger partial charge in [0.25, 0.3) is 0 Å². The number of halogens is 1. The summed E-state index contributed by atoms with van der Waals surface area (Å²) in [5.74, 6) is 0.594. The van der Waals surface area contributed by atoms with E-state index in [0.717, 1.165) is 27.9 Å². The Morgan fingerprint density at radius 1 is 1.05 bits per heavy atom. The fourth-order valence-electron chi connectivity index (χ4n) is 2.70. The van der Waals surface area contributed by atoms with Gasteiger partial charge in [-0.05, 0) is 44.7 Å². The van der Waals surface area contributed by atoms with Gasteiger partial charge in [0.15, 0.2) is 0 Å². The summed E-state index contributed by atoms with van der Waals surface area (Å²) in [7, 11) is 1.90. The lowest BCUT2D eigenvalue weighted by molar-refractivity contribution is 0.487. The standard InChI is InChI=1S/C18H18FNO/c1-11-4-6-13(7-5-11)17(20-3)18-12(2)15-10-14(19)8-9-16(15)21-18/h4-10,17,20H,1-3H3. The van der Waals surface area contributed by atoms with Crippen LogP contribution < -0.4 is 5.32 Å². The molecule has 0 aliphatic heterocycles. The molecule has 1 atom stereocenters. The normalized spacial score (nSPS) is 12.8. The van der Waals surface area contributed by atoms with Gasteiger partial charge in [-0.25, -0.2) is 4.39 Å². The Hall–Kier alpha value is -2.13. The highest BCUT2D eigenvalue weighted by atomic mass is 19.1. The van der Waals surface area contributed by atoms with E-state index in [1.54, 1.807) is 6.07 Å². The fraction of sp³-hybridized carbons (Fsp3) is 0.222. The maximum atomic E-state index is 13.4. The summed E-state index contributed by atoms with van der Waals surface area (Å²) in [5.41, 5.74) is 4.04. The number of hydrogen-bond donors (Lipinski definition) is 1. The number of fused-ring (bicyclic) bond motifs is 1. The quantitative estimate of drug-likeness (QED) is 0.765. The van der Waals surface area contributed by atoms with Gasteiger partial charge in [-0.2, -0.15) is 0 Å². The van der Waals surface area contributed by atoms with Crippen LogP contribution in [0.2, 0.25) is 0 Å². The highest BCUT2D eigenvalue weighted by molar-refractivity contribution is 5.82. The molecule has 1 N–H and O–H groups in total. The van der Waals surface area contributed by atoms with Crippen molar-refractivity contribution in [3.05, 3.63) is 70.7 Å². The lowest BCUT2D eigenvalue weighted by atomic mass is 10.00. The zero-order valence-corrected chi connectivity index (χ0v) is 12.4. The summed E-state index contributed by atoms with van der Waals surface area (Å²) in [6, 6.07) is 12.9. The van der Waals surface area contributed by atoms with E-state index in [1.807, 2.05) is 14.0 Å². The smallest absolute Gasteiger partial charge is 0.134 e.